The van der Waals surface area contributed by atoms with Crippen LogP contribution in [0.4, 0.5) is 4.79 Å². The molecule has 1 unspecified atom stereocenters. The van der Waals surface area contributed by atoms with Crippen molar-refractivity contribution < 1.29 is 4.79 Å². The Kier molecular flexibility index (Phi) is 1.78. The van der Waals surface area contributed by atoms with E-state index < -0.39 is 0 Å². The van der Waals surface area contributed by atoms with Gasteiger partial charge in [-0.15, -0.1) is 6.42 Å². The normalized spacial score (nSPS) is 25.6. The SMILES string of the molecule is C#CC(C)N1C(=O)N=C(N)C12CCC2. The Morgan fingerprint density at radius 3 is 2.79 bits per heavy atom. The van der Waals surface area contributed by atoms with E-state index >= 15 is 0 Å². The average Bonchev–Trinajstić information content (AvgIpc) is 2.34. The summed E-state index contributed by atoms with van der Waals surface area (Å²) in [5.74, 6) is 3.00. The summed E-state index contributed by atoms with van der Waals surface area (Å²) in [4.78, 5) is 17.0. The van der Waals surface area contributed by atoms with Crippen molar-refractivity contribution in [1.29, 1.82) is 0 Å². The molecule has 0 saturated heterocycles. The number of nitrogens with zero attached hydrogens (tertiary/aromatic N) is 2. The van der Waals surface area contributed by atoms with Crippen molar-refractivity contribution >= 4 is 11.9 Å². The zero-order valence-corrected chi connectivity index (χ0v) is 8.16. The van der Waals surface area contributed by atoms with Gasteiger partial charge in [0.1, 0.15) is 11.4 Å². The molecular weight excluding hydrogens is 178 g/mol. The van der Waals surface area contributed by atoms with Gasteiger partial charge in [-0.2, -0.15) is 4.99 Å². The van der Waals surface area contributed by atoms with E-state index in [1.807, 2.05) is 6.92 Å². The van der Waals surface area contributed by atoms with Crippen LogP contribution in [0.25, 0.3) is 0 Å². The van der Waals surface area contributed by atoms with Gasteiger partial charge in [0.2, 0.25) is 0 Å². The number of aliphatic imine (C=N–C) groups is 1. The molecule has 4 nitrogen and oxygen atoms in total. The van der Waals surface area contributed by atoms with Crippen LogP contribution in [0.1, 0.15) is 26.2 Å². The number of urea groups is 1. The van der Waals surface area contributed by atoms with E-state index in [1.54, 1.807) is 4.90 Å². The number of amides is 2. The van der Waals surface area contributed by atoms with Crippen LogP contribution in [0.2, 0.25) is 0 Å². The zero-order valence-electron chi connectivity index (χ0n) is 8.16. The Hall–Kier alpha value is -1.50. The monoisotopic (exact) mass is 191 g/mol. The van der Waals surface area contributed by atoms with Crippen LogP contribution in [0.15, 0.2) is 4.99 Å². The lowest BCUT2D eigenvalue weighted by Crippen LogP contribution is -2.61. The molecule has 74 valence electrons. The number of carbonyl (C=O) groups excluding carboxylic acids is 1. The number of rotatable bonds is 1. The van der Waals surface area contributed by atoms with Crippen LogP contribution in [0, 0.1) is 12.3 Å². The van der Waals surface area contributed by atoms with Crippen molar-refractivity contribution in [3.05, 3.63) is 0 Å². The van der Waals surface area contributed by atoms with Crippen molar-refractivity contribution in [2.45, 2.75) is 37.8 Å². The zero-order chi connectivity index (χ0) is 10.3. The molecule has 1 aliphatic carbocycles. The first-order chi connectivity index (χ1) is 6.62. The summed E-state index contributed by atoms with van der Waals surface area (Å²) in [5, 5.41) is 0. The van der Waals surface area contributed by atoms with Crippen LogP contribution in [0.3, 0.4) is 0 Å². The molecule has 1 atom stereocenters. The lowest BCUT2D eigenvalue weighted by atomic mass is 9.74. The molecule has 0 bridgehead atoms. The van der Waals surface area contributed by atoms with E-state index in [1.165, 1.54) is 0 Å². The fourth-order valence-electron chi connectivity index (χ4n) is 2.19. The van der Waals surface area contributed by atoms with Gasteiger partial charge in [-0.25, -0.2) is 4.79 Å². The topological polar surface area (TPSA) is 58.7 Å². The van der Waals surface area contributed by atoms with E-state index in [9.17, 15) is 4.79 Å². The molecule has 2 rings (SSSR count). The largest absolute Gasteiger partial charge is 0.385 e. The molecule has 1 spiro atoms. The third kappa shape index (κ3) is 0.897. The van der Waals surface area contributed by atoms with Crippen LogP contribution >= 0.6 is 0 Å². The van der Waals surface area contributed by atoms with Gasteiger partial charge in [-0.1, -0.05) is 5.92 Å². The maximum absolute atomic E-state index is 11.6. The summed E-state index contributed by atoms with van der Waals surface area (Å²) in [5.41, 5.74) is 5.42. The van der Waals surface area contributed by atoms with Crippen molar-refractivity contribution in [2.75, 3.05) is 0 Å². The van der Waals surface area contributed by atoms with Crippen LogP contribution in [-0.2, 0) is 0 Å². The molecular formula is C10H13N3O. The van der Waals surface area contributed by atoms with Gasteiger partial charge in [0, 0.05) is 0 Å². The van der Waals surface area contributed by atoms with Crippen molar-refractivity contribution in [1.82, 2.24) is 4.90 Å². The number of nitrogens with two attached hydrogens (primary N) is 1. The number of amidine groups is 1. The highest BCUT2D eigenvalue weighted by atomic mass is 16.2. The Morgan fingerprint density at radius 2 is 2.36 bits per heavy atom. The minimum atomic E-state index is -0.344. The van der Waals surface area contributed by atoms with Gasteiger partial charge in [-0.3, -0.25) is 4.90 Å². The lowest BCUT2D eigenvalue weighted by Gasteiger charge is -2.46. The van der Waals surface area contributed by atoms with Gasteiger partial charge < -0.3 is 5.73 Å². The van der Waals surface area contributed by atoms with E-state index in [-0.39, 0.29) is 17.6 Å². The maximum Gasteiger partial charge on any atom is 0.347 e. The summed E-state index contributed by atoms with van der Waals surface area (Å²) in [6.45, 7) is 1.83. The minimum Gasteiger partial charge on any atom is -0.385 e. The lowest BCUT2D eigenvalue weighted by molar-refractivity contribution is 0.104. The summed E-state index contributed by atoms with van der Waals surface area (Å²) >= 11 is 0. The Labute approximate surface area is 83.2 Å². The number of carbonyl (C=O) groups is 1. The van der Waals surface area contributed by atoms with Crippen molar-refractivity contribution in [3.8, 4) is 12.3 Å². The Bertz CT molecular complexity index is 349. The molecule has 0 radical (unpaired) electrons. The van der Waals surface area contributed by atoms with Gasteiger partial charge in [-0.05, 0) is 26.2 Å². The van der Waals surface area contributed by atoms with Crippen molar-refractivity contribution in [2.24, 2.45) is 10.7 Å². The standard InChI is InChI=1S/C10H13N3O/c1-3-7(2)13-9(14)12-8(11)10(13)5-4-6-10/h1,7H,4-6H2,2H3,(H2,11,12,14). The molecule has 1 saturated carbocycles. The fourth-order valence-corrected chi connectivity index (χ4v) is 2.19. The molecule has 0 aromatic heterocycles. The Morgan fingerprint density at radius 1 is 1.71 bits per heavy atom. The highest BCUT2D eigenvalue weighted by molar-refractivity contribution is 6.06. The quantitative estimate of drug-likeness (QED) is 0.621. The number of hydrogen-bond donors (Lipinski definition) is 1. The minimum absolute atomic E-state index is 0.229. The molecule has 1 heterocycles. The molecule has 2 aliphatic rings. The number of terminal acetylenes is 1. The Balaban J connectivity index is 2.34. The average molecular weight is 191 g/mol. The summed E-state index contributed by atoms with van der Waals surface area (Å²) < 4.78 is 0. The summed E-state index contributed by atoms with van der Waals surface area (Å²) in [7, 11) is 0. The first kappa shape index (κ1) is 9.07. The number of hydrogen-bond acceptors (Lipinski definition) is 2. The molecule has 0 aromatic rings. The predicted molar refractivity (Wildman–Crippen MR) is 53.7 cm³/mol. The molecule has 4 heteroatoms. The fraction of sp³-hybridized carbons (Fsp3) is 0.600. The summed E-state index contributed by atoms with van der Waals surface area (Å²) in [6.07, 6.45) is 8.18. The first-order valence-corrected chi connectivity index (χ1v) is 4.76. The van der Waals surface area contributed by atoms with Gasteiger partial charge >= 0.3 is 6.03 Å². The van der Waals surface area contributed by atoms with E-state index in [4.69, 9.17) is 12.2 Å². The molecule has 14 heavy (non-hydrogen) atoms. The second-order valence-electron chi connectivity index (χ2n) is 3.88. The second kappa shape index (κ2) is 2.74. The predicted octanol–water partition coefficient (Wildman–Crippen LogP) is 0.724. The molecule has 1 aliphatic heterocycles. The first-order valence-electron chi connectivity index (χ1n) is 4.76. The van der Waals surface area contributed by atoms with Gasteiger partial charge in [0.25, 0.3) is 0 Å². The summed E-state index contributed by atoms with van der Waals surface area (Å²) in [6, 6.07) is -0.514. The molecule has 0 aromatic carbocycles. The highest BCUT2D eigenvalue weighted by Crippen LogP contribution is 2.42. The maximum atomic E-state index is 11.6. The van der Waals surface area contributed by atoms with Crippen molar-refractivity contribution in [3.63, 3.8) is 0 Å². The smallest absolute Gasteiger partial charge is 0.347 e. The molecule has 2 amide bonds. The second-order valence-corrected chi connectivity index (χ2v) is 3.88. The third-order valence-electron chi connectivity index (χ3n) is 3.17. The highest BCUT2D eigenvalue weighted by Gasteiger charge is 2.53. The van der Waals surface area contributed by atoms with Gasteiger partial charge in [0.15, 0.2) is 0 Å². The van der Waals surface area contributed by atoms with Crippen LogP contribution in [-0.4, -0.2) is 28.3 Å². The molecule has 1 fully saturated rings. The van der Waals surface area contributed by atoms with E-state index in [0.717, 1.165) is 19.3 Å². The third-order valence-corrected chi connectivity index (χ3v) is 3.17. The van der Waals surface area contributed by atoms with Crippen LogP contribution in [0.5, 0.6) is 0 Å². The van der Waals surface area contributed by atoms with Crippen LogP contribution < -0.4 is 5.73 Å². The van der Waals surface area contributed by atoms with E-state index in [0.29, 0.717) is 5.84 Å². The van der Waals surface area contributed by atoms with E-state index in [2.05, 4.69) is 10.9 Å². The molecule has 2 N–H and O–H groups in total. The van der Waals surface area contributed by atoms with Gasteiger partial charge in [0.05, 0.1) is 6.04 Å².